The summed E-state index contributed by atoms with van der Waals surface area (Å²) in [6, 6.07) is 13.5. The Morgan fingerprint density at radius 1 is 1.10 bits per heavy atom. The minimum absolute atomic E-state index is 0.203. The molecule has 0 aliphatic heterocycles. The zero-order valence-electron chi connectivity index (χ0n) is 16.3. The van der Waals surface area contributed by atoms with Crippen molar-refractivity contribution in [1.82, 2.24) is 14.8 Å². The number of benzene rings is 2. The Morgan fingerprint density at radius 2 is 1.86 bits per heavy atom. The van der Waals surface area contributed by atoms with E-state index in [0.29, 0.717) is 17.4 Å². The molecule has 1 aliphatic rings. The average Bonchev–Trinajstić information content (AvgIpc) is 3.18. The highest BCUT2D eigenvalue weighted by atomic mass is 79.9. The topological polar surface area (TPSA) is 39.9 Å². The number of hydrogen-bond acceptors (Lipinski definition) is 4. The molecule has 4 nitrogen and oxygen atoms in total. The average molecular weight is 476 g/mol. The van der Waals surface area contributed by atoms with E-state index in [0.717, 1.165) is 39.6 Å². The van der Waals surface area contributed by atoms with Gasteiger partial charge >= 0.3 is 0 Å². The van der Waals surface area contributed by atoms with Crippen molar-refractivity contribution >= 4 is 27.7 Å². The van der Waals surface area contributed by atoms with E-state index in [1.807, 2.05) is 36.4 Å². The van der Waals surface area contributed by atoms with Crippen LogP contribution in [-0.2, 0) is 5.75 Å². The molecule has 2 aromatic carbocycles. The summed E-state index contributed by atoms with van der Waals surface area (Å²) in [6.45, 7) is 0. The molecule has 0 amide bonds. The van der Waals surface area contributed by atoms with Crippen molar-refractivity contribution in [3.8, 4) is 17.1 Å². The third-order valence-corrected chi connectivity index (χ3v) is 6.81. The van der Waals surface area contributed by atoms with Gasteiger partial charge in [0, 0.05) is 21.8 Å². The van der Waals surface area contributed by atoms with E-state index in [9.17, 15) is 4.39 Å². The number of halogens is 2. The van der Waals surface area contributed by atoms with Gasteiger partial charge in [0.25, 0.3) is 0 Å². The van der Waals surface area contributed by atoms with Crippen LogP contribution in [0.25, 0.3) is 11.4 Å². The lowest BCUT2D eigenvalue weighted by Crippen LogP contribution is -2.15. The van der Waals surface area contributed by atoms with Crippen LogP contribution in [0.3, 0.4) is 0 Å². The third-order valence-electron chi connectivity index (χ3n) is 5.32. The minimum Gasteiger partial charge on any atom is -0.497 e. The molecule has 0 saturated heterocycles. The highest BCUT2D eigenvalue weighted by molar-refractivity contribution is 9.10. The molecule has 0 N–H and O–H groups in total. The first-order valence-corrected chi connectivity index (χ1v) is 11.6. The highest BCUT2D eigenvalue weighted by Crippen LogP contribution is 2.37. The Balaban J connectivity index is 1.64. The van der Waals surface area contributed by atoms with Gasteiger partial charge in [-0.25, -0.2) is 4.39 Å². The van der Waals surface area contributed by atoms with Crippen molar-refractivity contribution < 1.29 is 9.13 Å². The number of hydrogen-bond donors (Lipinski definition) is 0. The number of methoxy groups -OCH3 is 1. The standard InChI is InChI=1S/C22H23BrFN3OS/c1-28-19-11-8-15(9-12-19)21-25-26-22(27(21)18-5-3-2-4-6-18)29-14-16-7-10-17(23)13-20(16)24/h7-13,18H,2-6,14H2,1H3. The van der Waals surface area contributed by atoms with Crippen molar-refractivity contribution in [1.29, 1.82) is 0 Å². The molecule has 1 saturated carbocycles. The van der Waals surface area contributed by atoms with Crippen LogP contribution in [-0.4, -0.2) is 21.9 Å². The van der Waals surface area contributed by atoms with Gasteiger partial charge in [0.05, 0.1) is 7.11 Å². The Labute approximate surface area is 183 Å². The molecule has 7 heteroatoms. The second-order valence-electron chi connectivity index (χ2n) is 7.22. The Kier molecular flexibility index (Phi) is 6.55. The van der Waals surface area contributed by atoms with Crippen LogP contribution >= 0.6 is 27.7 Å². The summed E-state index contributed by atoms with van der Waals surface area (Å²) in [5.41, 5.74) is 1.69. The van der Waals surface area contributed by atoms with E-state index in [2.05, 4.69) is 30.7 Å². The summed E-state index contributed by atoms with van der Waals surface area (Å²) in [5.74, 6) is 2.01. The van der Waals surface area contributed by atoms with Crippen LogP contribution in [0.4, 0.5) is 4.39 Å². The lowest BCUT2D eigenvalue weighted by atomic mass is 9.95. The molecule has 0 bridgehead atoms. The van der Waals surface area contributed by atoms with E-state index in [1.54, 1.807) is 18.9 Å². The van der Waals surface area contributed by atoms with Crippen LogP contribution in [0.2, 0.25) is 0 Å². The van der Waals surface area contributed by atoms with Crippen LogP contribution in [0.15, 0.2) is 52.1 Å². The first kappa shape index (κ1) is 20.4. The number of thioether (sulfide) groups is 1. The maximum Gasteiger partial charge on any atom is 0.192 e. The molecule has 152 valence electrons. The number of rotatable bonds is 6. The fraction of sp³-hybridized carbons (Fsp3) is 0.364. The lowest BCUT2D eigenvalue weighted by Gasteiger charge is -2.25. The zero-order valence-corrected chi connectivity index (χ0v) is 18.7. The first-order valence-electron chi connectivity index (χ1n) is 9.82. The van der Waals surface area contributed by atoms with Crippen molar-refractivity contribution in [2.24, 2.45) is 0 Å². The molecule has 29 heavy (non-hydrogen) atoms. The van der Waals surface area contributed by atoms with E-state index < -0.39 is 0 Å². The lowest BCUT2D eigenvalue weighted by molar-refractivity contribution is 0.339. The second-order valence-corrected chi connectivity index (χ2v) is 9.08. The first-order chi connectivity index (χ1) is 14.2. The summed E-state index contributed by atoms with van der Waals surface area (Å²) in [6.07, 6.45) is 5.97. The van der Waals surface area contributed by atoms with Gasteiger partial charge in [-0.3, -0.25) is 4.57 Å². The van der Waals surface area contributed by atoms with Gasteiger partial charge in [-0.1, -0.05) is 53.0 Å². The van der Waals surface area contributed by atoms with Crippen LogP contribution in [0.5, 0.6) is 5.75 Å². The molecular weight excluding hydrogens is 453 g/mol. The van der Waals surface area contributed by atoms with Crippen molar-refractivity contribution in [3.05, 3.63) is 58.3 Å². The fourth-order valence-corrected chi connectivity index (χ4v) is 5.09. The largest absolute Gasteiger partial charge is 0.497 e. The minimum atomic E-state index is -0.203. The number of aromatic nitrogens is 3. The maximum atomic E-state index is 14.3. The smallest absolute Gasteiger partial charge is 0.192 e. The van der Waals surface area contributed by atoms with E-state index in [4.69, 9.17) is 4.74 Å². The van der Waals surface area contributed by atoms with Gasteiger partial charge in [0.15, 0.2) is 11.0 Å². The van der Waals surface area contributed by atoms with Gasteiger partial charge in [-0.05, 0) is 54.8 Å². The molecule has 1 aliphatic carbocycles. The Hall–Kier alpha value is -1.86. The maximum absolute atomic E-state index is 14.3. The van der Waals surface area contributed by atoms with Gasteiger partial charge in [-0.15, -0.1) is 10.2 Å². The summed E-state index contributed by atoms with van der Waals surface area (Å²) in [5, 5.41) is 9.85. The number of ether oxygens (including phenoxy) is 1. The van der Waals surface area contributed by atoms with Gasteiger partial charge in [0.1, 0.15) is 11.6 Å². The summed E-state index contributed by atoms with van der Waals surface area (Å²) in [4.78, 5) is 0. The molecule has 0 atom stereocenters. The normalized spacial score (nSPS) is 14.9. The van der Waals surface area contributed by atoms with Gasteiger partial charge in [-0.2, -0.15) is 0 Å². The predicted molar refractivity (Wildman–Crippen MR) is 118 cm³/mol. The fourth-order valence-electron chi connectivity index (χ4n) is 3.76. The van der Waals surface area contributed by atoms with E-state index >= 15 is 0 Å². The van der Waals surface area contributed by atoms with Gasteiger partial charge < -0.3 is 4.74 Å². The van der Waals surface area contributed by atoms with Crippen LogP contribution < -0.4 is 4.74 Å². The van der Waals surface area contributed by atoms with Gasteiger partial charge in [0.2, 0.25) is 0 Å². The zero-order chi connectivity index (χ0) is 20.2. The van der Waals surface area contributed by atoms with Crippen LogP contribution in [0, 0.1) is 5.82 Å². The molecule has 0 spiro atoms. The van der Waals surface area contributed by atoms with E-state index in [-0.39, 0.29) is 5.82 Å². The second kappa shape index (κ2) is 9.30. The molecule has 0 radical (unpaired) electrons. The summed E-state index contributed by atoms with van der Waals surface area (Å²) in [7, 11) is 1.66. The summed E-state index contributed by atoms with van der Waals surface area (Å²) >= 11 is 4.86. The molecule has 0 unspecified atom stereocenters. The molecule has 1 aromatic heterocycles. The predicted octanol–water partition coefficient (Wildman–Crippen LogP) is 6.65. The monoisotopic (exact) mass is 475 g/mol. The number of nitrogens with zero attached hydrogens (tertiary/aromatic N) is 3. The molecule has 4 rings (SSSR count). The molecule has 1 fully saturated rings. The van der Waals surface area contributed by atoms with Crippen molar-refractivity contribution in [3.63, 3.8) is 0 Å². The third kappa shape index (κ3) is 4.67. The van der Waals surface area contributed by atoms with Crippen molar-refractivity contribution in [2.75, 3.05) is 7.11 Å². The summed E-state index contributed by atoms with van der Waals surface area (Å²) < 4.78 is 22.5. The van der Waals surface area contributed by atoms with E-state index in [1.165, 1.54) is 25.3 Å². The van der Waals surface area contributed by atoms with Crippen LogP contribution in [0.1, 0.15) is 43.7 Å². The Bertz CT molecular complexity index is 971. The van der Waals surface area contributed by atoms with Crippen molar-refractivity contribution in [2.45, 2.75) is 49.1 Å². The SMILES string of the molecule is COc1ccc(-c2nnc(SCc3ccc(Br)cc3F)n2C2CCCCC2)cc1. The quantitative estimate of drug-likeness (QED) is 0.374. The highest BCUT2D eigenvalue weighted by Gasteiger charge is 2.24. The molecule has 1 heterocycles. The Morgan fingerprint density at radius 3 is 2.55 bits per heavy atom. The molecule has 3 aromatic rings. The molecular formula is C22H23BrFN3OS.